The lowest BCUT2D eigenvalue weighted by Crippen LogP contribution is -2.72. The smallest absolute Gasteiger partial charge is 0.352 e. The van der Waals surface area contributed by atoms with Crippen molar-refractivity contribution in [3.05, 3.63) is 11.3 Å². The first-order valence-corrected chi connectivity index (χ1v) is 9.10. The van der Waals surface area contributed by atoms with E-state index in [-0.39, 0.29) is 35.9 Å². The van der Waals surface area contributed by atoms with Gasteiger partial charge >= 0.3 is 5.97 Å². The number of carboxylic acid groups (broad SMARTS) is 1. The van der Waals surface area contributed by atoms with Gasteiger partial charge in [0, 0.05) is 18.2 Å². The second kappa shape index (κ2) is 6.33. The Morgan fingerprint density at radius 3 is 2.85 bits per heavy atom. The Morgan fingerprint density at radius 2 is 2.19 bits per heavy atom. The normalized spacial score (nSPS) is 26.1. The summed E-state index contributed by atoms with van der Waals surface area (Å²) in [6.45, 7) is 0.211. The van der Waals surface area contributed by atoms with Gasteiger partial charge in [-0.1, -0.05) is 11.8 Å². The number of carbonyl (C=O) groups excluding carboxylic acids is 3. The third kappa shape index (κ3) is 2.57. The summed E-state index contributed by atoms with van der Waals surface area (Å²) in [5.74, 6) is -2.04. The number of nitrogens with two attached hydrogens (primary N) is 1. The maximum Gasteiger partial charge on any atom is 0.352 e. The molecule has 3 atom stereocenters. The molecule has 4 rings (SSSR count). The molecule has 0 aliphatic carbocycles. The molecule has 0 saturated carbocycles. The number of tetrazole rings is 1. The fourth-order valence-electron chi connectivity index (χ4n) is 4.02. The fraction of sp³-hybridized carbons (Fsp3) is 0.500. The summed E-state index contributed by atoms with van der Waals surface area (Å²) in [4.78, 5) is 49.2. The van der Waals surface area contributed by atoms with Crippen molar-refractivity contribution < 1.29 is 24.3 Å². The molecule has 12 nitrogen and oxygen atoms in total. The third-order valence-electron chi connectivity index (χ3n) is 5.07. The first-order valence-electron chi connectivity index (χ1n) is 8.11. The van der Waals surface area contributed by atoms with Crippen molar-refractivity contribution in [3.8, 4) is 0 Å². The summed E-state index contributed by atoms with van der Waals surface area (Å²) < 4.78 is 1.24. The van der Waals surface area contributed by atoms with Crippen LogP contribution in [0.1, 0.15) is 6.42 Å². The number of β-lactam (4-membered cyclic amide) rings is 1. The number of amides is 3. The molecule has 142 valence electrons. The number of likely N-dealkylation sites (tertiary alicyclic amines) is 1. The van der Waals surface area contributed by atoms with Crippen LogP contribution in [0.5, 0.6) is 0 Å². The highest BCUT2D eigenvalue weighted by molar-refractivity contribution is 7.99. The highest BCUT2D eigenvalue weighted by atomic mass is 32.2. The second-order valence-corrected chi connectivity index (χ2v) is 7.38. The van der Waals surface area contributed by atoms with Crippen molar-refractivity contribution in [2.24, 2.45) is 11.7 Å². The minimum atomic E-state index is -1.18. The lowest BCUT2D eigenvalue weighted by atomic mass is 9.78. The molecule has 0 bridgehead atoms. The van der Waals surface area contributed by atoms with Crippen LogP contribution >= 0.6 is 11.8 Å². The number of hydrogen-bond acceptors (Lipinski definition) is 8. The number of rotatable bonds is 7. The lowest BCUT2D eigenvalue weighted by Gasteiger charge is -2.52. The topological polar surface area (TPSA) is 165 Å². The van der Waals surface area contributed by atoms with Crippen LogP contribution in [0.3, 0.4) is 0 Å². The van der Waals surface area contributed by atoms with E-state index in [9.17, 15) is 24.3 Å². The zero-order valence-electron chi connectivity index (χ0n) is 13.9. The molecule has 4 heterocycles. The molecule has 3 amide bonds. The molecule has 0 aromatic carbocycles. The molecule has 1 aromatic heterocycles. The Bertz CT molecular complexity index is 883. The molecule has 0 spiro atoms. The largest absolute Gasteiger partial charge is 0.477 e. The average Bonchev–Trinajstić information content (AvgIpc) is 3.18. The van der Waals surface area contributed by atoms with Crippen LogP contribution in [0.15, 0.2) is 16.4 Å². The first-order chi connectivity index (χ1) is 12.9. The Morgan fingerprint density at radius 1 is 1.41 bits per heavy atom. The van der Waals surface area contributed by atoms with E-state index in [1.165, 1.54) is 26.2 Å². The molecule has 27 heavy (non-hydrogen) atoms. The molecular weight excluding hydrogens is 378 g/mol. The minimum Gasteiger partial charge on any atom is -0.477 e. The van der Waals surface area contributed by atoms with Crippen molar-refractivity contribution in [1.82, 2.24) is 30.0 Å². The standard InChI is InChI=1S/C14H15N7O5S/c15-8(23)3-20-14(16-17-18-20)27-4-7-6-1-2-19(5-22)11-9(6)21(12(11)24)10(7)13(25)26/h5-6,9,11H,1-4H2,(H2,15,23)(H,25,26)/t6?,9-,11+/m1/s1. The van der Waals surface area contributed by atoms with Gasteiger partial charge in [-0.3, -0.25) is 19.3 Å². The van der Waals surface area contributed by atoms with Crippen molar-refractivity contribution in [2.75, 3.05) is 12.3 Å². The van der Waals surface area contributed by atoms with E-state index in [0.717, 1.165) is 0 Å². The number of carboxylic acids is 1. The number of hydrogen-bond donors (Lipinski definition) is 2. The summed E-state index contributed by atoms with van der Waals surface area (Å²) in [5, 5.41) is 21.0. The molecule has 13 heteroatoms. The summed E-state index contributed by atoms with van der Waals surface area (Å²) in [6, 6.07) is -0.932. The van der Waals surface area contributed by atoms with Gasteiger partial charge in [-0.2, -0.15) is 0 Å². The van der Waals surface area contributed by atoms with Crippen LogP contribution in [0.4, 0.5) is 0 Å². The maximum atomic E-state index is 12.4. The number of aliphatic carboxylic acids is 1. The Balaban J connectivity index is 1.60. The van der Waals surface area contributed by atoms with Crippen molar-refractivity contribution >= 4 is 36.0 Å². The van der Waals surface area contributed by atoms with Gasteiger partial charge < -0.3 is 15.7 Å². The highest BCUT2D eigenvalue weighted by Gasteiger charge is 2.63. The zero-order valence-corrected chi connectivity index (χ0v) is 14.7. The number of nitrogens with zero attached hydrogens (tertiary/aromatic N) is 6. The Kier molecular flexibility index (Phi) is 4.09. The molecule has 2 saturated heterocycles. The van der Waals surface area contributed by atoms with E-state index in [0.29, 0.717) is 30.1 Å². The molecule has 3 aliphatic heterocycles. The third-order valence-corrected chi connectivity index (χ3v) is 6.08. The number of aromatic nitrogens is 4. The maximum absolute atomic E-state index is 12.4. The van der Waals surface area contributed by atoms with Gasteiger partial charge in [-0.05, 0) is 22.4 Å². The number of thioether (sulfide) groups is 1. The zero-order chi connectivity index (χ0) is 19.3. The van der Waals surface area contributed by atoms with Gasteiger partial charge in [0.05, 0.1) is 6.04 Å². The molecule has 3 aliphatic rings. The molecular formula is C14H15N7O5S. The van der Waals surface area contributed by atoms with E-state index >= 15 is 0 Å². The molecule has 3 N–H and O–H groups in total. The summed E-state index contributed by atoms with van der Waals surface area (Å²) in [5.41, 5.74) is 5.75. The second-order valence-electron chi connectivity index (χ2n) is 6.44. The van der Waals surface area contributed by atoms with Crippen LogP contribution in [-0.4, -0.2) is 83.7 Å². The minimum absolute atomic E-state index is 0.0274. The molecule has 0 radical (unpaired) electrons. The van der Waals surface area contributed by atoms with E-state index in [1.807, 2.05) is 0 Å². The SMILES string of the molecule is NC(=O)Cn1nnnc1SCC1=C(C(=O)O)N2C(=O)[C@@H]3[C@H]2C1CCN3C=O. The number of piperidine rings is 1. The quantitative estimate of drug-likeness (QED) is 0.293. The van der Waals surface area contributed by atoms with E-state index < -0.39 is 17.9 Å². The first kappa shape index (κ1) is 17.5. The van der Waals surface area contributed by atoms with E-state index in [4.69, 9.17) is 5.73 Å². The number of carbonyl (C=O) groups is 4. The van der Waals surface area contributed by atoms with Crippen LogP contribution in [0.2, 0.25) is 0 Å². The van der Waals surface area contributed by atoms with Gasteiger partial charge in [-0.25, -0.2) is 9.48 Å². The van der Waals surface area contributed by atoms with Gasteiger partial charge in [-0.15, -0.1) is 5.10 Å². The monoisotopic (exact) mass is 393 g/mol. The molecule has 1 aromatic rings. The fourth-order valence-corrected chi connectivity index (χ4v) is 5.00. The Labute approximate surface area is 156 Å². The van der Waals surface area contributed by atoms with Gasteiger partial charge in [0.1, 0.15) is 18.3 Å². The van der Waals surface area contributed by atoms with Crippen LogP contribution < -0.4 is 5.73 Å². The summed E-state index contributed by atoms with van der Waals surface area (Å²) in [6.07, 6.45) is 1.21. The van der Waals surface area contributed by atoms with Crippen LogP contribution in [-0.2, 0) is 25.7 Å². The van der Waals surface area contributed by atoms with Gasteiger partial charge in [0.25, 0.3) is 5.91 Å². The lowest BCUT2D eigenvalue weighted by molar-refractivity contribution is -0.165. The van der Waals surface area contributed by atoms with Crippen molar-refractivity contribution in [2.45, 2.75) is 30.2 Å². The summed E-state index contributed by atoms with van der Waals surface area (Å²) >= 11 is 1.17. The predicted molar refractivity (Wildman–Crippen MR) is 87.7 cm³/mol. The average molecular weight is 393 g/mol. The van der Waals surface area contributed by atoms with Gasteiger partial charge in [0.15, 0.2) is 0 Å². The van der Waals surface area contributed by atoms with Crippen molar-refractivity contribution in [1.29, 1.82) is 0 Å². The van der Waals surface area contributed by atoms with E-state index in [2.05, 4.69) is 15.5 Å². The predicted octanol–water partition coefficient (Wildman–Crippen LogP) is -2.34. The Hall–Kier alpha value is -2.96. The van der Waals surface area contributed by atoms with Crippen molar-refractivity contribution in [3.63, 3.8) is 0 Å². The van der Waals surface area contributed by atoms with Gasteiger partial charge in [0.2, 0.25) is 17.5 Å². The highest BCUT2D eigenvalue weighted by Crippen LogP contribution is 2.49. The molecule has 2 fully saturated rings. The summed E-state index contributed by atoms with van der Waals surface area (Å²) in [7, 11) is 0. The van der Waals surface area contributed by atoms with E-state index in [1.54, 1.807) is 0 Å². The van der Waals surface area contributed by atoms with Crippen LogP contribution in [0.25, 0.3) is 0 Å². The van der Waals surface area contributed by atoms with Crippen LogP contribution in [0, 0.1) is 5.92 Å². The number of primary amides is 1. The molecule has 1 unspecified atom stereocenters.